The first-order valence-corrected chi connectivity index (χ1v) is 6.64. The van der Waals surface area contributed by atoms with Gasteiger partial charge in [-0.3, -0.25) is 4.79 Å². The second-order valence-corrected chi connectivity index (χ2v) is 7.01. The van der Waals surface area contributed by atoms with Crippen molar-refractivity contribution in [3.8, 4) is 0 Å². The van der Waals surface area contributed by atoms with Crippen molar-refractivity contribution in [2.45, 2.75) is 54.0 Å². The first kappa shape index (κ1) is 14.5. The van der Waals surface area contributed by atoms with Crippen molar-refractivity contribution in [2.24, 2.45) is 28.4 Å². The Kier molecular flexibility index (Phi) is 3.92. The minimum Gasteiger partial charge on any atom is -0.354 e. The molecular formula is C14H28N2O. The molecule has 0 aliphatic heterocycles. The van der Waals surface area contributed by atoms with E-state index in [0.717, 1.165) is 6.42 Å². The van der Waals surface area contributed by atoms with E-state index < -0.39 is 0 Å². The van der Waals surface area contributed by atoms with Crippen LogP contribution >= 0.6 is 0 Å². The summed E-state index contributed by atoms with van der Waals surface area (Å²) in [5, 5.41) is 3.00. The van der Waals surface area contributed by atoms with Crippen LogP contribution in [0.2, 0.25) is 0 Å². The summed E-state index contributed by atoms with van der Waals surface area (Å²) in [4.78, 5) is 12.1. The van der Waals surface area contributed by atoms with Gasteiger partial charge < -0.3 is 11.1 Å². The van der Waals surface area contributed by atoms with Gasteiger partial charge in [-0.15, -0.1) is 0 Å². The Balaban J connectivity index is 2.38. The standard InChI is InChI=1S/C14H28N2O/c1-9(2)7-10(15)8-16-12(17)11-13(3,4)14(11,5)6/h9-11H,7-8,15H2,1-6H3,(H,16,17). The Morgan fingerprint density at radius 1 is 1.24 bits per heavy atom. The molecule has 1 amide bonds. The van der Waals surface area contributed by atoms with Crippen molar-refractivity contribution in [1.29, 1.82) is 0 Å². The zero-order valence-corrected chi connectivity index (χ0v) is 12.1. The summed E-state index contributed by atoms with van der Waals surface area (Å²) in [6.07, 6.45) is 0.956. The largest absolute Gasteiger partial charge is 0.354 e. The van der Waals surface area contributed by atoms with E-state index in [0.29, 0.717) is 12.5 Å². The van der Waals surface area contributed by atoms with Crippen LogP contribution in [0.5, 0.6) is 0 Å². The van der Waals surface area contributed by atoms with E-state index in [1.807, 2.05) is 0 Å². The summed E-state index contributed by atoms with van der Waals surface area (Å²) in [7, 11) is 0. The number of nitrogens with two attached hydrogens (primary N) is 1. The molecule has 1 atom stereocenters. The van der Waals surface area contributed by atoms with E-state index in [1.54, 1.807) is 0 Å². The van der Waals surface area contributed by atoms with Gasteiger partial charge in [-0.25, -0.2) is 0 Å². The molecule has 0 aromatic rings. The number of amides is 1. The summed E-state index contributed by atoms with van der Waals surface area (Å²) in [5.74, 6) is 0.871. The fraction of sp³-hybridized carbons (Fsp3) is 0.929. The van der Waals surface area contributed by atoms with Crippen molar-refractivity contribution < 1.29 is 4.79 Å². The lowest BCUT2D eigenvalue weighted by atomic mass is 10.0. The highest BCUT2D eigenvalue weighted by atomic mass is 16.2. The molecule has 0 spiro atoms. The van der Waals surface area contributed by atoms with Gasteiger partial charge in [0, 0.05) is 18.5 Å². The number of hydrogen-bond donors (Lipinski definition) is 2. The predicted molar refractivity (Wildman–Crippen MR) is 71.5 cm³/mol. The molecule has 3 heteroatoms. The smallest absolute Gasteiger partial charge is 0.224 e. The van der Waals surface area contributed by atoms with Gasteiger partial charge in [-0.1, -0.05) is 41.5 Å². The second-order valence-electron chi connectivity index (χ2n) is 7.01. The Labute approximate surface area is 106 Å². The molecule has 0 aromatic carbocycles. The van der Waals surface area contributed by atoms with Crippen LogP contribution in [0.25, 0.3) is 0 Å². The van der Waals surface area contributed by atoms with Crippen molar-refractivity contribution >= 4 is 5.91 Å². The maximum atomic E-state index is 12.1. The summed E-state index contributed by atoms with van der Waals surface area (Å²) in [6.45, 7) is 13.5. The maximum Gasteiger partial charge on any atom is 0.224 e. The SMILES string of the molecule is CC(C)CC(N)CNC(=O)C1C(C)(C)C1(C)C. The Morgan fingerprint density at radius 2 is 1.71 bits per heavy atom. The molecule has 1 rings (SSSR count). The molecule has 3 N–H and O–H groups in total. The van der Waals surface area contributed by atoms with E-state index in [-0.39, 0.29) is 28.7 Å². The molecular weight excluding hydrogens is 212 g/mol. The van der Waals surface area contributed by atoms with Crippen molar-refractivity contribution in [1.82, 2.24) is 5.32 Å². The monoisotopic (exact) mass is 240 g/mol. The van der Waals surface area contributed by atoms with E-state index in [4.69, 9.17) is 5.73 Å². The Bertz CT molecular complexity index is 281. The Hall–Kier alpha value is -0.570. The molecule has 1 aliphatic rings. The van der Waals surface area contributed by atoms with Crippen LogP contribution in [-0.2, 0) is 4.79 Å². The quantitative estimate of drug-likeness (QED) is 0.773. The van der Waals surface area contributed by atoms with Gasteiger partial charge in [0.05, 0.1) is 0 Å². The lowest BCUT2D eigenvalue weighted by Gasteiger charge is -2.15. The molecule has 0 aromatic heterocycles. The summed E-state index contributed by atoms with van der Waals surface area (Å²) >= 11 is 0. The van der Waals surface area contributed by atoms with E-state index in [1.165, 1.54) is 0 Å². The third kappa shape index (κ3) is 2.82. The minimum atomic E-state index is 0.0731. The summed E-state index contributed by atoms with van der Waals surface area (Å²) < 4.78 is 0. The van der Waals surface area contributed by atoms with Crippen LogP contribution < -0.4 is 11.1 Å². The number of carbonyl (C=O) groups excluding carboxylic acids is 1. The normalized spacial score (nSPS) is 23.5. The highest BCUT2D eigenvalue weighted by Crippen LogP contribution is 2.68. The van der Waals surface area contributed by atoms with Crippen molar-refractivity contribution in [3.63, 3.8) is 0 Å². The van der Waals surface area contributed by atoms with Crippen molar-refractivity contribution in [3.05, 3.63) is 0 Å². The van der Waals surface area contributed by atoms with Gasteiger partial charge in [0.15, 0.2) is 0 Å². The van der Waals surface area contributed by atoms with E-state index in [9.17, 15) is 4.79 Å². The lowest BCUT2D eigenvalue weighted by molar-refractivity contribution is -0.123. The van der Waals surface area contributed by atoms with Crippen LogP contribution in [0.3, 0.4) is 0 Å². The molecule has 0 bridgehead atoms. The third-order valence-corrected chi connectivity index (χ3v) is 4.60. The maximum absolute atomic E-state index is 12.1. The van der Waals surface area contributed by atoms with Gasteiger partial charge >= 0.3 is 0 Å². The highest BCUT2D eigenvalue weighted by molar-refractivity contribution is 5.84. The molecule has 17 heavy (non-hydrogen) atoms. The topological polar surface area (TPSA) is 55.1 Å². The molecule has 3 nitrogen and oxygen atoms in total. The molecule has 1 saturated carbocycles. The zero-order valence-electron chi connectivity index (χ0n) is 12.1. The number of nitrogens with one attached hydrogen (secondary N) is 1. The molecule has 100 valence electrons. The van der Waals surface area contributed by atoms with Gasteiger partial charge in [-0.05, 0) is 23.2 Å². The zero-order chi connectivity index (χ0) is 13.4. The fourth-order valence-electron chi connectivity index (χ4n) is 2.87. The van der Waals surface area contributed by atoms with Crippen LogP contribution in [-0.4, -0.2) is 18.5 Å². The molecule has 1 unspecified atom stereocenters. The first-order valence-electron chi connectivity index (χ1n) is 6.64. The van der Waals surface area contributed by atoms with E-state index >= 15 is 0 Å². The number of carbonyl (C=O) groups is 1. The van der Waals surface area contributed by atoms with Crippen LogP contribution in [0.1, 0.15) is 48.0 Å². The van der Waals surface area contributed by atoms with Crippen LogP contribution in [0.4, 0.5) is 0 Å². The number of rotatable bonds is 5. The number of hydrogen-bond acceptors (Lipinski definition) is 2. The first-order chi connectivity index (χ1) is 7.60. The molecule has 0 radical (unpaired) electrons. The highest BCUT2D eigenvalue weighted by Gasteiger charge is 2.68. The van der Waals surface area contributed by atoms with Gasteiger partial charge in [0.2, 0.25) is 5.91 Å². The Morgan fingerprint density at radius 3 is 2.06 bits per heavy atom. The molecule has 1 fully saturated rings. The predicted octanol–water partition coefficient (Wildman–Crippen LogP) is 2.16. The molecule has 0 heterocycles. The minimum absolute atomic E-state index is 0.0731. The van der Waals surface area contributed by atoms with E-state index in [2.05, 4.69) is 46.9 Å². The molecule has 1 aliphatic carbocycles. The van der Waals surface area contributed by atoms with Crippen LogP contribution in [0.15, 0.2) is 0 Å². The van der Waals surface area contributed by atoms with Gasteiger partial charge in [-0.2, -0.15) is 0 Å². The van der Waals surface area contributed by atoms with Gasteiger partial charge in [0.25, 0.3) is 0 Å². The second kappa shape index (κ2) is 4.60. The average Bonchev–Trinajstić information content (AvgIpc) is 2.52. The lowest BCUT2D eigenvalue weighted by Crippen LogP contribution is -2.39. The third-order valence-electron chi connectivity index (χ3n) is 4.60. The summed E-state index contributed by atoms with van der Waals surface area (Å²) in [6, 6.07) is 0.0731. The summed E-state index contributed by atoms with van der Waals surface area (Å²) in [5.41, 5.74) is 6.18. The molecule has 0 saturated heterocycles. The van der Waals surface area contributed by atoms with Gasteiger partial charge in [0.1, 0.15) is 0 Å². The van der Waals surface area contributed by atoms with Crippen LogP contribution in [0, 0.1) is 22.7 Å². The fourth-order valence-corrected chi connectivity index (χ4v) is 2.87. The average molecular weight is 240 g/mol. The van der Waals surface area contributed by atoms with Crippen molar-refractivity contribution in [2.75, 3.05) is 6.54 Å².